The minimum absolute atomic E-state index is 0.0270. The highest BCUT2D eigenvalue weighted by molar-refractivity contribution is 7.80. The van der Waals surface area contributed by atoms with E-state index >= 15 is 0 Å². The molecule has 0 aromatic heterocycles. The molecular formula is C20H21N3O4S. The summed E-state index contributed by atoms with van der Waals surface area (Å²) in [6.07, 6.45) is -0.0599. The summed E-state index contributed by atoms with van der Waals surface area (Å²) >= 11 is 5.10. The predicted octanol–water partition coefficient (Wildman–Crippen LogP) is 2.73. The first-order valence-corrected chi connectivity index (χ1v) is 8.92. The highest BCUT2D eigenvalue weighted by Crippen LogP contribution is 2.17. The number of thiocarbonyl (C=S) groups is 1. The van der Waals surface area contributed by atoms with Gasteiger partial charge in [-0.15, -0.1) is 0 Å². The van der Waals surface area contributed by atoms with E-state index in [1.165, 1.54) is 7.11 Å². The third kappa shape index (κ3) is 6.17. The molecule has 2 N–H and O–H groups in total. The largest absolute Gasteiger partial charge is 0.469 e. The quantitative estimate of drug-likeness (QED) is 0.574. The van der Waals surface area contributed by atoms with E-state index in [9.17, 15) is 14.4 Å². The zero-order valence-electron chi connectivity index (χ0n) is 15.6. The minimum atomic E-state index is -0.470. The van der Waals surface area contributed by atoms with Crippen LogP contribution in [-0.2, 0) is 14.3 Å². The number of nitrogens with zero attached hydrogens (tertiary/aromatic N) is 1. The molecule has 2 rings (SSSR count). The van der Waals surface area contributed by atoms with Gasteiger partial charge in [0.15, 0.2) is 5.11 Å². The average Bonchev–Trinajstić information content (AvgIpc) is 2.71. The molecular weight excluding hydrogens is 378 g/mol. The zero-order valence-corrected chi connectivity index (χ0v) is 16.4. The molecule has 0 saturated carbocycles. The Kier molecular flexibility index (Phi) is 7.65. The molecule has 0 aliphatic heterocycles. The minimum Gasteiger partial charge on any atom is -0.469 e. The second kappa shape index (κ2) is 10.2. The number of methoxy groups -OCH3 is 1. The van der Waals surface area contributed by atoms with Crippen LogP contribution in [0.15, 0.2) is 54.6 Å². The number of hydrogen-bond acceptors (Lipinski definition) is 5. The van der Waals surface area contributed by atoms with Gasteiger partial charge < -0.3 is 20.3 Å². The van der Waals surface area contributed by atoms with Crippen molar-refractivity contribution < 1.29 is 19.1 Å². The fourth-order valence-electron chi connectivity index (χ4n) is 2.36. The monoisotopic (exact) mass is 399 g/mol. The Balaban J connectivity index is 1.97. The predicted molar refractivity (Wildman–Crippen MR) is 111 cm³/mol. The van der Waals surface area contributed by atoms with Crippen LogP contribution in [0, 0.1) is 0 Å². The summed E-state index contributed by atoms with van der Waals surface area (Å²) < 4.78 is 4.48. The molecule has 0 spiro atoms. The molecule has 2 amide bonds. The lowest BCUT2D eigenvalue weighted by molar-refractivity contribution is -0.142. The van der Waals surface area contributed by atoms with E-state index in [4.69, 9.17) is 12.2 Å². The highest BCUT2D eigenvalue weighted by Gasteiger charge is 2.14. The molecule has 28 heavy (non-hydrogen) atoms. The summed E-state index contributed by atoms with van der Waals surface area (Å²) in [6.45, 7) is 0. The molecule has 146 valence electrons. The number of para-hydroxylation sites is 1. The van der Waals surface area contributed by atoms with Crippen LogP contribution in [0.5, 0.6) is 0 Å². The van der Waals surface area contributed by atoms with Crippen LogP contribution in [0.1, 0.15) is 23.2 Å². The molecule has 0 atom stereocenters. The topological polar surface area (TPSA) is 87.7 Å². The summed E-state index contributed by atoms with van der Waals surface area (Å²) in [4.78, 5) is 37.1. The smallest absolute Gasteiger partial charge is 0.306 e. The Hall–Kier alpha value is -3.26. The fourth-order valence-corrected chi connectivity index (χ4v) is 2.59. The maximum absolute atomic E-state index is 12.7. The van der Waals surface area contributed by atoms with E-state index in [2.05, 4.69) is 15.4 Å². The van der Waals surface area contributed by atoms with Crippen molar-refractivity contribution in [2.24, 2.45) is 0 Å². The van der Waals surface area contributed by atoms with Gasteiger partial charge in [0.2, 0.25) is 5.91 Å². The van der Waals surface area contributed by atoms with Crippen molar-refractivity contribution in [3.8, 4) is 0 Å². The van der Waals surface area contributed by atoms with E-state index in [0.29, 0.717) is 11.3 Å². The summed E-state index contributed by atoms with van der Waals surface area (Å²) in [5, 5.41) is 5.42. The third-order valence-electron chi connectivity index (χ3n) is 3.85. The average molecular weight is 399 g/mol. The molecule has 7 nitrogen and oxygen atoms in total. The number of anilines is 2. The van der Waals surface area contributed by atoms with Crippen LogP contribution in [0.4, 0.5) is 11.4 Å². The van der Waals surface area contributed by atoms with E-state index in [1.807, 2.05) is 30.3 Å². The van der Waals surface area contributed by atoms with Crippen molar-refractivity contribution in [3.05, 3.63) is 60.2 Å². The van der Waals surface area contributed by atoms with Gasteiger partial charge in [-0.1, -0.05) is 24.3 Å². The summed E-state index contributed by atoms with van der Waals surface area (Å²) in [6, 6.07) is 16.1. The molecule has 0 aliphatic rings. The van der Waals surface area contributed by atoms with Crippen LogP contribution in [-0.4, -0.2) is 37.1 Å². The molecule has 2 aromatic carbocycles. The van der Waals surface area contributed by atoms with Crippen molar-refractivity contribution in [2.45, 2.75) is 12.8 Å². The van der Waals surface area contributed by atoms with Crippen LogP contribution in [0.3, 0.4) is 0 Å². The zero-order chi connectivity index (χ0) is 20.5. The summed E-state index contributed by atoms with van der Waals surface area (Å²) in [5.74, 6) is -1.05. The van der Waals surface area contributed by atoms with Gasteiger partial charge in [0.1, 0.15) is 0 Å². The Morgan fingerprint density at radius 3 is 2.43 bits per heavy atom. The molecule has 0 fully saturated rings. The van der Waals surface area contributed by atoms with E-state index in [1.54, 1.807) is 36.2 Å². The number of carbonyl (C=O) groups is 3. The number of rotatable bonds is 6. The first-order chi connectivity index (χ1) is 13.4. The first kappa shape index (κ1) is 21.0. The van der Waals surface area contributed by atoms with Crippen LogP contribution < -0.4 is 15.5 Å². The Morgan fingerprint density at radius 2 is 1.75 bits per heavy atom. The van der Waals surface area contributed by atoms with Crippen molar-refractivity contribution in [3.63, 3.8) is 0 Å². The lowest BCUT2D eigenvalue weighted by atomic mass is 10.1. The first-order valence-electron chi connectivity index (χ1n) is 8.51. The standard InChI is InChI=1S/C20H21N3O4S/c1-23(16-9-4-3-5-10-16)19(26)14-7-6-8-15(13-14)21-20(28)22-17(24)11-12-18(25)27-2/h3-10,13H,11-12H2,1-2H3,(H2,21,22,24,28). The van der Waals surface area contributed by atoms with Crippen molar-refractivity contribution in [1.29, 1.82) is 0 Å². The number of carbonyl (C=O) groups excluding carboxylic acids is 3. The molecule has 2 aromatic rings. The molecule has 0 saturated heterocycles. The van der Waals surface area contributed by atoms with E-state index in [-0.39, 0.29) is 23.9 Å². The summed E-state index contributed by atoms with van der Waals surface area (Å²) in [5.41, 5.74) is 1.81. The number of nitrogens with one attached hydrogen (secondary N) is 2. The normalized spacial score (nSPS) is 9.93. The second-order valence-electron chi connectivity index (χ2n) is 5.86. The Labute approximate surface area is 168 Å². The number of benzene rings is 2. The maximum Gasteiger partial charge on any atom is 0.306 e. The highest BCUT2D eigenvalue weighted by atomic mass is 32.1. The lowest BCUT2D eigenvalue weighted by Crippen LogP contribution is -2.34. The Morgan fingerprint density at radius 1 is 1.04 bits per heavy atom. The van der Waals surface area contributed by atoms with Gasteiger partial charge >= 0.3 is 5.97 Å². The Bertz CT molecular complexity index is 871. The van der Waals surface area contributed by atoms with Crippen LogP contribution >= 0.6 is 12.2 Å². The second-order valence-corrected chi connectivity index (χ2v) is 6.27. The van der Waals surface area contributed by atoms with Gasteiger partial charge in [-0.25, -0.2) is 0 Å². The number of amides is 2. The van der Waals surface area contributed by atoms with Crippen LogP contribution in [0.2, 0.25) is 0 Å². The summed E-state index contributed by atoms with van der Waals surface area (Å²) in [7, 11) is 2.96. The van der Waals surface area contributed by atoms with Crippen molar-refractivity contribution in [2.75, 3.05) is 24.4 Å². The van der Waals surface area contributed by atoms with Gasteiger partial charge in [0.25, 0.3) is 5.91 Å². The third-order valence-corrected chi connectivity index (χ3v) is 4.06. The molecule has 8 heteroatoms. The molecule has 0 aliphatic carbocycles. The number of ether oxygens (including phenoxy) is 1. The lowest BCUT2D eigenvalue weighted by Gasteiger charge is -2.18. The van der Waals surface area contributed by atoms with Crippen LogP contribution in [0.25, 0.3) is 0 Å². The van der Waals surface area contributed by atoms with Gasteiger partial charge in [-0.05, 0) is 42.5 Å². The van der Waals surface area contributed by atoms with Gasteiger partial charge in [0, 0.05) is 30.4 Å². The fraction of sp³-hybridized carbons (Fsp3) is 0.200. The number of esters is 1. The van der Waals surface area contributed by atoms with E-state index < -0.39 is 11.9 Å². The van der Waals surface area contributed by atoms with Crippen molar-refractivity contribution >= 4 is 46.5 Å². The molecule has 0 radical (unpaired) electrons. The SMILES string of the molecule is COC(=O)CCC(=O)NC(=S)Nc1cccc(C(=O)N(C)c2ccccc2)c1. The van der Waals surface area contributed by atoms with Gasteiger partial charge in [-0.3, -0.25) is 14.4 Å². The van der Waals surface area contributed by atoms with Gasteiger partial charge in [0.05, 0.1) is 13.5 Å². The maximum atomic E-state index is 12.7. The molecule has 0 heterocycles. The van der Waals surface area contributed by atoms with Crippen molar-refractivity contribution in [1.82, 2.24) is 5.32 Å². The molecule has 0 unspecified atom stereocenters. The number of hydrogen-bond donors (Lipinski definition) is 2. The molecule has 0 bridgehead atoms. The van der Waals surface area contributed by atoms with Gasteiger partial charge in [-0.2, -0.15) is 0 Å². The van der Waals surface area contributed by atoms with E-state index in [0.717, 1.165) is 5.69 Å².